The SMILES string of the molecule is COCCCNC(=O)c1csc(CN(CCCOC)C(=O)Nc2ccc(Cl)c(Cl)c2)n1. The fraction of sp³-hybridized carbons (Fsp3) is 0.450. The monoisotopic (exact) mass is 488 g/mol. The Morgan fingerprint density at radius 2 is 1.87 bits per heavy atom. The fourth-order valence-corrected chi connectivity index (χ4v) is 3.68. The molecule has 0 aliphatic rings. The molecule has 170 valence electrons. The number of nitrogens with one attached hydrogen (secondary N) is 2. The molecule has 11 heteroatoms. The Balaban J connectivity index is 2.01. The molecule has 0 saturated heterocycles. The summed E-state index contributed by atoms with van der Waals surface area (Å²) in [7, 11) is 3.23. The summed E-state index contributed by atoms with van der Waals surface area (Å²) in [5.74, 6) is -0.246. The number of amides is 3. The fourth-order valence-electron chi connectivity index (χ4n) is 2.59. The quantitative estimate of drug-likeness (QED) is 0.434. The number of nitrogens with zero attached hydrogens (tertiary/aromatic N) is 2. The van der Waals surface area contributed by atoms with Gasteiger partial charge in [0, 0.05) is 51.6 Å². The van der Waals surface area contributed by atoms with Crippen molar-refractivity contribution >= 4 is 52.2 Å². The Morgan fingerprint density at radius 1 is 1.13 bits per heavy atom. The maximum absolute atomic E-state index is 12.8. The van der Waals surface area contributed by atoms with E-state index in [9.17, 15) is 9.59 Å². The third kappa shape index (κ3) is 8.62. The number of urea groups is 1. The van der Waals surface area contributed by atoms with Crippen LogP contribution in [0.1, 0.15) is 28.3 Å². The molecule has 0 saturated carbocycles. The molecule has 0 unspecified atom stereocenters. The minimum atomic E-state index is -0.310. The molecule has 3 amide bonds. The van der Waals surface area contributed by atoms with E-state index in [1.807, 2.05) is 0 Å². The van der Waals surface area contributed by atoms with E-state index in [1.54, 1.807) is 42.7 Å². The van der Waals surface area contributed by atoms with Crippen molar-refractivity contribution in [1.82, 2.24) is 15.2 Å². The second-order valence-electron chi connectivity index (χ2n) is 6.56. The minimum Gasteiger partial charge on any atom is -0.385 e. The van der Waals surface area contributed by atoms with E-state index in [1.165, 1.54) is 11.3 Å². The zero-order valence-electron chi connectivity index (χ0n) is 17.5. The van der Waals surface area contributed by atoms with E-state index >= 15 is 0 Å². The highest BCUT2D eigenvalue weighted by atomic mass is 35.5. The van der Waals surface area contributed by atoms with E-state index in [0.717, 1.165) is 6.42 Å². The standard InChI is InChI=1S/C20H26Cl2N4O4S/c1-29-9-3-7-23-19(27)17-13-31-18(25-17)12-26(8-4-10-30-2)20(28)24-14-5-6-15(21)16(22)11-14/h5-6,11,13H,3-4,7-10,12H2,1-2H3,(H,23,27)(H,24,28). The van der Waals surface area contributed by atoms with Crippen LogP contribution in [-0.4, -0.2) is 62.3 Å². The number of ether oxygens (including phenoxy) is 2. The molecule has 0 atom stereocenters. The van der Waals surface area contributed by atoms with Gasteiger partial charge in [-0.2, -0.15) is 0 Å². The smallest absolute Gasteiger partial charge is 0.322 e. The molecule has 1 aromatic heterocycles. The Bertz CT molecular complexity index is 865. The van der Waals surface area contributed by atoms with E-state index in [4.69, 9.17) is 32.7 Å². The van der Waals surface area contributed by atoms with Crippen LogP contribution in [0.4, 0.5) is 10.5 Å². The lowest BCUT2D eigenvalue weighted by Crippen LogP contribution is -2.35. The maximum atomic E-state index is 12.8. The van der Waals surface area contributed by atoms with Crippen LogP contribution in [0.5, 0.6) is 0 Å². The van der Waals surface area contributed by atoms with E-state index < -0.39 is 0 Å². The van der Waals surface area contributed by atoms with Gasteiger partial charge in [0.1, 0.15) is 10.7 Å². The molecule has 0 radical (unpaired) electrons. The summed E-state index contributed by atoms with van der Waals surface area (Å²) in [6, 6.07) is 4.57. The molecule has 0 aliphatic carbocycles. The lowest BCUT2D eigenvalue weighted by molar-refractivity contribution is 0.0944. The van der Waals surface area contributed by atoms with Crippen LogP contribution >= 0.6 is 34.5 Å². The molecule has 2 rings (SSSR count). The maximum Gasteiger partial charge on any atom is 0.322 e. The number of halogens is 2. The second-order valence-corrected chi connectivity index (χ2v) is 8.31. The first-order valence-electron chi connectivity index (χ1n) is 9.66. The van der Waals surface area contributed by atoms with Crippen LogP contribution < -0.4 is 10.6 Å². The average molecular weight is 489 g/mol. The third-order valence-corrected chi connectivity index (χ3v) is 5.73. The van der Waals surface area contributed by atoms with E-state index in [2.05, 4.69) is 15.6 Å². The molecule has 0 fully saturated rings. The number of hydrogen-bond acceptors (Lipinski definition) is 6. The molecular weight excluding hydrogens is 463 g/mol. The van der Waals surface area contributed by atoms with Gasteiger partial charge in [-0.1, -0.05) is 23.2 Å². The van der Waals surface area contributed by atoms with Crippen molar-refractivity contribution in [3.63, 3.8) is 0 Å². The second kappa shape index (κ2) is 13.5. The summed E-state index contributed by atoms with van der Waals surface area (Å²) in [4.78, 5) is 31.0. The number of hydrogen-bond donors (Lipinski definition) is 2. The van der Waals surface area contributed by atoms with Crippen LogP contribution in [0.15, 0.2) is 23.6 Å². The molecule has 1 aromatic carbocycles. The number of rotatable bonds is 12. The largest absolute Gasteiger partial charge is 0.385 e. The predicted octanol–water partition coefficient (Wildman–Crippen LogP) is 4.29. The van der Waals surface area contributed by atoms with Crippen molar-refractivity contribution < 1.29 is 19.1 Å². The average Bonchev–Trinajstić information content (AvgIpc) is 3.22. The highest BCUT2D eigenvalue weighted by Gasteiger charge is 2.18. The Hall–Kier alpha value is -1.91. The van der Waals surface area contributed by atoms with E-state index in [-0.39, 0.29) is 18.5 Å². The third-order valence-electron chi connectivity index (χ3n) is 4.16. The summed E-state index contributed by atoms with van der Waals surface area (Å²) in [6.45, 7) is 2.32. The van der Waals surface area contributed by atoms with Crippen LogP contribution in [0.3, 0.4) is 0 Å². The molecule has 8 nitrogen and oxygen atoms in total. The number of aromatic nitrogens is 1. The van der Waals surface area contributed by atoms with Crippen molar-refractivity contribution in [3.8, 4) is 0 Å². The van der Waals surface area contributed by atoms with Crippen molar-refractivity contribution in [2.24, 2.45) is 0 Å². The number of thiazole rings is 1. The van der Waals surface area contributed by atoms with Gasteiger partial charge in [0.2, 0.25) is 0 Å². The van der Waals surface area contributed by atoms with Gasteiger partial charge < -0.3 is 25.0 Å². The van der Waals surface area contributed by atoms with Crippen LogP contribution in [0.2, 0.25) is 10.0 Å². The topological polar surface area (TPSA) is 92.8 Å². The number of carbonyl (C=O) groups is 2. The minimum absolute atomic E-state index is 0.246. The summed E-state index contributed by atoms with van der Waals surface area (Å²) in [5, 5.41) is 8.72. The van der Waals surface area contributed by atoms with Gasteiger partial charge in [-0.05, 0) is 31.0 Å². The predicted molar refractivity (Wildman–Crippen MR) is 123 cm³/mol. The zero-order valence-corrected chi connectivity index (χ0v) is 19.8. The molecule has 2 aromatic rings. The molecule has 31 heavy (non-hydrogen) atoms. The normalized spacial score (nSPS) is 10.7. The Labute approximate surface area is 195 Å². The van der Waals surface area contributed by atoms with Gasteiger partial charge in [-0.15, -0.1) is 11.3 Å². The van der Waals surface area contributed by atoms with Gasteiger partial charge in [0.05, 0.1) is 16.6 Å². The molecule has 1 heterocycles. The van der Waals surface area contributed by atoms with Crippen molar-refractivity contribution in [2.75, 3.05) is 45.8 Å². The zero-order chi connectivity index (χ0) is 22.6. The number of carbonyl (C=O) groups excluding carboxylic acids is 2. The first-order chi connectivity index (χ1) is 14.9. The van der Waals surface area contributed by atoms with Crippen molar-refractivity contribution in [1.29, 1.82) is 0 Å². The van der Waals surface area contributed by atoms with Gasteiger partial charge in [0.15, 0.2) is 0 Å². The first kappa shape index (κ1) is 25.4. The first-order valence-corrected chi connectivity index (χ1v) is 11.3. The lowest BCUT2D eigenvalue weighted by Gasteiger charge is -2.22. The van der Waals surface area contributed by atoms with Crippen molar-refractivity contribution in [2.45, 2.75) is 19.4 Å². The van der Waals surface area contributed by atoms with Crippen LogP contribution in [0, 0.1) is 0 Å². The highest BCUT2D eigenvalue weighted by Crippen LogP contribution is 2.25. The molecule has 2 N–H and O–H groups in total. The molecule has 0 spiro atoms. The summed E-state index contributed by atoms with van der Waals surface area (Å²) in [6.07, 6.45) is 1.38. The van der Waals surface area contributed by atoms with Gasteiger partial charge in [0.25, 0.3) is 5.91 Å². The van der Waals surface area contributed by atoms with Gasteiger partial charge in [-0.25, -0.2) is 9.78 Å². The van der Waals surface area contributed by atoms with E-state index in [0.29, 0.717) is 59.2 Å². The summed E-state index contributed by atoms with van der Waals surface area (Å²) < 4.78 is 10.1. The number of benzene rings is 1. The van der Waals surface area contributed by atoms with Crippen molar-refractivity contribution in [3.05, 3.63) is 44.3 Å². The lowest BCUT2D eigenvalue weighted by atomic mass is 10.3. The molecular formula is C20H26Cl2N4O4S. The molecule has 0 bridgehead atoms. The summed E-state index contributed by atoms with van der Waals surface area (Å²) >= 11 is 13.3. The van der Waals surface area contributed by atoms with Gasteiger partial charge >= 0.3 is 6.03 Å². The number of anilines is 1. The highest BCUT2D eigenvalue weighted by molar-refractivity contribution is 7.09. The van der Waals surface area contributed by atoms with Crippen LogP contribution in [-0.2, 0) is 16.0 Å². The van der Waals surface area contributed by atoms with Gasteiger partial charge in [-0.3, -0.25) is 4.79 Å². The Morgan fingerprint density at radius 3 is 2.58 bits per heavy atom. The van der Waals surface area contributed by atoms with Crippen LogP contribution in [0.25, 0.3) is 0 Å². The molecule has 0 aliphatic heterocycles. The summed E-state index contributed by atoms with van der Waals surface area (Å²) in [5.41, 5.74) is 0.866. The Kier molecular flexibility index (Phi) is 11.0. The number of methoxy groups -OCH3 is 2.